The molecule has 2 aliphatic heterocycles. The van der Waals surface area contributed by atoms with Crippen LogP contribution < -0.4 is 29.4 Å². The van der Waals surface area contributed by atoms with Gasteiger partial charge in [-0.1, -0.05) is 29.8 Å². The summed E-state index contributed by atoms with van der Waals surface area (Å²) in [5.74, 6) is 2.38. The molecule has 166 valence electrons. The van der Waals surface area contributed by atoms with Crippen LogP contribution in [0.3, 0.4) is 0 Å². The van der Waals surface area contributed by atoms with Gasteiger partial charge in [-0.3, -0.25) is 0 Å². The minimum Gasteiger partial charge on any atom is -0.493 e. The number of nitrogens with zero attached hydrogens (tertiary/aromatic N) is 1. The summed E-state index contributed by atoms with van der Waals surface area (Å²) >= 11 is 5.95. The molecule has 3 aromatic rings. The van der Waals surface area contributed by atoms with Gasteiger partial charge in [0.15, 0.2) is 23.0 Å². The van der Waals surface area contributed by atoms with E-state index in [0.717, 1.165) is 16.7 Å². The number of methoxy groups -OCH3 is 1. The molecule has 2 aliphatic rings. The van der Waals surface area contributed by atoms with Crippen LogP contribution in [-0.2, 0) is 6.61 Å². The SMILES string of the molecule is COc1cc([C@H]2C(C#N)=C(N)Oc3cc4c(cc32)OCO4)ccc1OCc1ccc(Cl)cc1. The van der Waals surface area contributed by atoms with E-state index in [0.29, 0.717) is 46.0 Å². The van der Waals surface area contributed by atoms with Crippen LogP contribution in [0, 0.1) is 11.3 Å². The zero-order valence-corrected chi connectivity index (χ0v) is 18.4. The zero-order valence-electron chi connectivity index (χ0n) is 17.6. The maximum Gasteiger partial charge on any atom is 0.231 e. The van der Waals surface area contributed by atoms with Gasteiger partial charge in [0, 0.05) is 16.7 Å². The van der Waals surface area contributed by atoms with Gasteiger partial charge in [-0.05, 0) is 41.5 Å². The molecule has 0 unspecified atom stereocenters. The topological polar surface area (TPSA) is 96.0 Å². The number of rotatable bonds is 5. The van der Waals surface area contributed by atoms with Gasteiger partial charge in [0.1, 0.15) is 24.0 Å². The number of halogens is 1. The van der Waals surface area contributed by atoms with Crippen molar-refractivity contribution in [2.45, 2.75) is 12.5 Å². The second-order valence-electron chi connectivity index (χ2n) is 7.49. The predicted molar refractivity (Wildman–Crippen MR) is 121 cm³/mol. The van der Waals surface area contributed by atoms with Gasteiger partial charge in [-0.15, -0.1) is 0 Å². The van der Waals surface area contributed by atoms with Crippen LogP contribution in [-0.4, -0.2) is 13.9 Å². The van der Waals surface area contributed by atoms with Crippen LogP contribution in [0.1, 0.15) is 22.6 Å². The number of benzene rings is 3. The molecule has 3 aromatic carbocycles. The molecule has 0 aromatic heterocycles. The van der Waals surface area contributed by atoms with Gasteiger partial charge < -0.3 is 29.4 Å². The summed E-state index contributed by atoms with van der Waals surface area (Å²) in [5.41, 5.74) is 8.93. The maximum absolute atomic E-state index is 9.83. The highest BCUT2D eigenvalue weighted by molar-refractivity contribution is 6.30. The van der Waals surface area contributed by atoms with Crippen molar-refractivity contribution in [1.29, 1.82) is 5.26 Å². The molecule has 0 spiro atoms. The van der Waals surface area contributed by atoms with Crippen molar-refractivity contribution in [2.75, 3.05) is 13.9 Å². The molecule has 33 heavy (non-hydrogen) atoms. The van der Waals surface area contributed by atoms with Gasteiger partial charge >= 0.3 is 0 Å². The second kappa shape index (κ2) is 8.49. The largest absolute Gasteiger partial charge is 0.493 e. The Kier molecular flexibility index (Phi) is 5.37. The first-order chi connectivity index (χ1) is 16.1. The van der Waals surface area contributed by atoms with Crippen molar-refractivity contribution in [1.82, 2.24) is 0 Å². The Balaban J connectivity index is 1.50. The molecule has 2 N–H and O–H groups in total. The smallest absolute Gasteiger partial charge is 0.231 e. The van der Waals surface area contributed by atoms with Gasteiger partial charge in [0.05, 0.1) is 13.0 Å². The lowest BCUT2D eigenvalue weighted by atomic mass is 9.83. The molecule has 5 rings (SSSR count). The summed E-state index contributed by atoms with van der Waals surface area (Å²) < 4.78 is 28.3. The van der Waals surface area contributed by atoms with Crippen molar-refractivity contribution in [3.8, 4) is 34.8 Å². The standard InChI is InChI=1S/C25H19ClN2O5/c1-29-21-8-15(4-7-19(21)30-12-14-2-5-16(26)6-3-14)24-17-9-22-23(32-13-31-22)10-20(17)33-25(28)18(24)11-27/h2-10,24H,12-13,28H2,1H3/t24-/m1/s1. The van der Waals surface area contributed by atoms with E-state index >= 15 is 0 Å². The van der Waals surface area contributed by atoms with Gasteiger partial charge in [-0.25, -0.2) is 0 Å². The molecular weight excluding hydrogens is 444 g/mol. The van der Waals surface area contributed by atoms with Crippen LogP contribution in [0.5, 0.6) is 28.7 Å². The lowest BCUT2D eigenvalue weighted by molar-refractivity contribution is 0.174. The molecule has 0 radical (unpaired) electrons. The number of hydrogen-bond acceptors (Lipinski definition) is 7. The number of nitrogens with two attached hydrogens (primary N) is 1. The van der Waals surface area contributed by atoms with Crippen molar-refractivity contribution < 1.29 is 23.7 Å². The van der Waals surface area contributed by atoms with E-state index in [1.54, 1.807) is 13.2 Å². The number of ether oxygens (including phenoxy) is 5. The number of hydrogen-bond donors (Lipinski definition) is 1. The Morgan fingerprint density at radius 1 is 1.03 bits per heavy atom. The fraction of sp³-hybridized carbons (Fsp3) is 0.160. The van der Waals surface area contributed by atoms with Gasteiger partial charge in [0.2, 0.25) is 12.7 Å². The van der Waals surface area contributed by atoms with Crippen LogP contribution in [0.4, 0.5) is 0 Å². The van der Waals surface area contributed by atoms with Crippen LogP contribution in [0.15, 0.2) is 66.1 Å². The molecular formula is C25H19ClN2O5. The minimum absolute atomic E-state index is 0.0518. The molecule has 0 saturated heterocycles. The minimum atomic E-state index is -0.465. The van der Waals surface area contributed by atoms with Crippen molar-refractivity contribution in [2.24, 2.45) is 5.73 Å². The van der Waals surface area contributed by atoms with E-state index in [1.807, 2.05) is 48.5 Å². The van der Waals surface area contributed by atoms with Crippen LogP contribution in [0.25, 0.3) is 0 Å². The van der Waals surface area contributed by atoms with Crippen molar-refractivity contribution >= 4 is 11.6 Å². The van der Waals surface area contributed by atoms with Gasteiger partial charge in [-0.2, -0.15) is 5.26 Å². The Bertz CT molecular complexity index is 1300. The molecule has 1 atom stereocenters. The first kappa shape index (κ1) is 20.9. The lowest BCUT2D eigenvalue weighted by Crippen LogP contribution is -2.21. The Labute approximate surface area is 195 Å². The molecule has 0 aliphatic carbocycles. The summed E-state index contributed by atoms with van der Waals surface area (Å²) in [5, 5.41) is 10.5. The van der Waals surface area contributed by atoms with E-state index in [4.69, 9.17) is 41.0 Å². The monoisotopic (exact) mass is 462 g/mol. The summed E-state index contributed by atoms with van der Waals surface area (Å²) in [7, 11) is 1.57. The summed E-state index contributed by atoms with van der Waals surface area (Å²) in [4.78, 5) is 0. The Morgan fingerprint density at radius 2 is 1.79 bits per heavy atom. The fourth-order valence-corrected chi connectivity index (χ4v) is 4.04. The van der Waals surface area contributed by atoms with Crippen molar-refractivity contribution in [3.63, 3.8) is 0 Å². The molecule has 2 heterocycles. The molecule has 8 heteroatoms. The fourth-order valence-electron chi connectivity index (χ4n) is 3.91. The third-order valence-corrected chi connectivity index (χ3v) is 5.79. The van der Waals surface area contributed by atoms with Crippen LogP contribution in [0.2, 0.25) is 5.02 Å². The summed E-state index contributed by atoms with van der Waals surface area (Å²) in [6.07, 6.45) is 0. The second-order valence-corrected chi connectivity index (χ2v) is 7.93. The highest BCUT2D eigenvalue weighted by Gasteiger charge is 2.33. The van der Waals surface area contributed by atoms with E-state index in [-0.39, 0.29) is 12.7 Å². The third kappa shape index (κ3) is 3.86. The summed E-state index contributed by atoms with van der Waals surface area (Å²) in [6.45, 7) is 0.483. The van der Waals surface area contributed by atoms with Crippen molar-refractivity contribution in [3.05, 3.63) is 87.8 Å². The normalized spacial score (nSPS) is 16.0. The molecule has 0 amide bonds. The first-order valence-electron chi connectivity index (χ1n) is 10.1. The third-order valence-electron chi connectivity index (χ3n) is 5.54. The maximum atomic E-state index is 9.83. The van der Waals surface area contributed by atoms with Gasteiger partial charge in [0.25, 0.3) is 0 Å². The zero-order chi connectivity index (χ0) is 22.9. The van der Waals surface area contributed by atoms with E-state index in [1.165, 1.54) is 0 Å². The molecule has 0 saturated carbocycles. The highest BCUT2D eigenvalue weighted by Crippen LogP contribution is 2.48. The highest BCUT2D eigenvalue weighted by atomic mass is 35.5. The molecule has 7 nitrogen and oxygen atoms in total. The van der Waals surface area contributed by atoms with E-state index in [2.05, 4.69) is 6.07 Å². The Hall–Kier alpha value is -4.02. The molecule has 0 bridgehead atoms. The number of fused-ring (bicyclic) bond motifs is 2. The predicted octanol–water partition coefficient (Wildman–Crippen LogP) is 4.87. The summed E-state index contributed by atoms with van der Waals surface area (Å²) in [6, 6.07) is 18.7. The quantitative estimate of drug-likeness (QED) is 0.577. The van der Waals surface area contributed by atoms with Crippen LogP contribution >= 0.6 is 11.6 Å². The average Bonchev–Trinajstić information content (AvgIpc) is 3.29. The van der Waals surface area contributed by atoms with E-state index < -0.39 is 5.92 Å². The van der Waals surface area contributed by atoms with E-state index in [9.17, 15) is 5.26 Å². The average molecular weight is 463 g/mol. The number of nitriles is 1. The Morgan fingerprint density at radius 3 is 2.52 bits per heavy atom. The first-order valence-corrected chi connectivity index (χ1v) is 10.5. The molecule has 0 fully saturated rings. The number of allylic oxidation sites excluding steroid dienone is 1. The lowest BCUT2D eigenvalue weighted by Gasteiger charge is -2.27.